The highest BCUT2D eigenvalue weighted by Gasteiger charge is 2.28. The van der Waals surface area contributed by atoms with Gasteiger partial charge in [-0.3, -0.25) is 4.79 Å². The first-order valence-electron chi connectivity index (χ1n) is 7.70. The summed E-state index contributed by atoms with van der Waals surface area (Å²) < 4.78 is 7.67. The molecule has 0 atom stereocenters. The van der Waals surface area contributed by atoms with Crippen molar-refractivity contribution >= 4 is 82.7 Å². The average Bonchev–Trinajstić information content (AvgIpc) is 3.11. The van der Waals surface area contributed by atoms with Crippen LogP contribution in [0.1, 0.15) is 44.5 Å². The third-order valence-corrected chi connectivity index (χ3v) is 8.06. The van der Waals surface area contributed by atoms with Crippen molar-refractivity contribution in [1.82, 2.24) is 0 Å². The van der Waals surface area contributed by atoms with Gasteiger partial charge in [0.2, 0.25) is 0 Å². The van der Waals surface area contributed by atoms with Crippen LogP contribution >= 0.6 is 65.8 Å². The van der Waals surface area contributed by atoms with E-state index in [4.69, 9.17) is 4.74 Å². The highest BCUT2D eigenvalue weighted by Crippen LogP contribution is 2.40. The molecule has 4 nitrogen and oxygen atoms in total. The maximum absolute atomic E-state index is 12.8. The number of anilines is 1. The number of hydrogen-bond donors (Lipinski definition) is 1. The lowest BCUT2D eigenvalue weighted by Gasteiger charge is -2.10. The van der Waals surface area contributed by atoms with Crippen molar-refractivity contribution in [2.24, 2.45) is 0 Å². The number of thiophene rings is 1. The Morgan fingerprint density at radius 3 is 2.80 bits per heavy atom. The van der Waals surface area contributed by atoms with E-state index < -0.39 is 0 Å². The maximum Gasteiger partial charge on any atom is 0.341 e. The van der Waals surface area contributed by atoms with Gasteiger partial charge in [-0.15, -0.1) is 11.3 Å². The molecule has 0 unspecified atom stereocenters. The molecule has 0 saturated carbocycles. The number of carbonyl (C=O) groups is 2. The first-order chi connectivity index (χ1) is 11.9. The van der Waals surface area contributed by atoms with E-state index in [2.05, 4.69) is 59.8 Å². The molecule has 0 aliphatic heterocycles. The van der Waals surface area contributed by atoms with Crippen molar-refractivity contribution in [1.29, 1.82) is 0 Å². The smallest absolute Gasteiger partial charge is 0.341 e. The summed E-state index contributed by atoms with van der Waals surface area (Å²) in [4.78, 5) is 26.4. The third-order valence-electron chi connectivity index (χ3n) is 3.87. The van der Waals surface area contributed by atoms with Crippen molar-refractivity contribution in [3.05, 3.63) is 46.2 Å². The van der Waals surface area contributed by atoms with E-state index >= 15 is 0 Å². The van der Waals surface area contributed by atoms with Crippen molar-refractivity contribution in [2.75, 3.05) is 11.9 Å². The van der Waals surface area contributed by atoms with Gasteiger partial charge < -0.3 is 10.1 Å². The molecule has 1 aromatic heterocycles. The lowest BCUT2D eigenvalue weighted by atomic mass is 10.1. The highest BCUT2D eigenvalue weighted by atomic mass is 127. The summed E-state index contributed by atoms with van der Waals surface area (Å²) in [6.45, 7) is 2.09. The molecule has 132 valence electrons. The van der Waals surface area contributed by atoms with Crippen LogP contribution in [0.5, 0.6) is 0 Å². The molecule has 0 radical (unpaired) electrons. The lowest BCUT2D eigenvalue weighted by molar-refractivity contribution is 0.0527. The summed E-state index contributed by atoms with van der Waals surface area (Å²) in [5.41, 5.74) is 2.10. The number of fused-ring (bicyclic) bond motifs is 1. The number of nitrogens with one attached hydrogen (secondary N) is 1. The SMILES string of the molecule is CCOC(=O)c1c(NC(=O)c2cc(Br)cc(Br)c2I)sc2c1CCC2. The number of ether oxygens (including phenoxy) is 1. The lowest BCUT2D eigenvalue weighted by Crippen LogP contribution is -2.16. The number of amides is 1. The summed E-state index contributed by atoms with van der Waals surface area (Å²) in [6.07, 6.45) is 2.84. The van der Waals surface area contributed by atoms with Gasteiger partial charge in [0, 0.05) is 17.4 Å². The molecule has 1 aromatic carbocycles. The molecule has 1 N–H and O–H groups in total. The van der Waals surface area contributed by atoms with Crippen LogP contribution in [-0.2, 0) is 17.6 Å². The number of rotatable bonds is 4. The Labute approximate surface area is 180 Å². The Balaban J connectivity index is 1.96. The summed E-state index contributed by atoms with van der Waals surface area (Å²) in [6, 6.07) is 3.66. The molecule has 0 fully saturated rings. The number of aryl methyl sites for hydroxylation is 1. The van der Waals surface area contributed by atoms with Crippen LogP contribution in [0.4, 0.5) is 5.00 Å². The van der Waals surface area contributed by atoms with E-state index in [-0.39, 0.29) is 11.9 Å². The minimum absolute atomic E-state index is 0.239. The van der Waals surface area contributed by atoms with Crippen molar-refractivity contribution in [2.45, 2.75) is 26.2 Å². The summed E-state index contributed by atoms with van der Waals surface area (Å²) in [7, 11) is 0. The molecular weight excluding hydrogens is 585 g/mol. The van der Waals surface area contributed by atoms with Gasteiger partial charge in [-0.2, -0.15) is 0 Å². The van der Waals surface area contributed by atoms with E-state index in [0.29, 0.717) is 22.7 Å². The van der Waals surface area contributed by atoms with Crippen molar-refractivity contribution in [3.63, 3.8) is 0 Å². The number of esters is 1. The van der Waals surface area contributed by atoms with Crippen LogP contribution in [0.3, 0.4) is 0 Å². The molecule has 25 heavy (non-hydrogen) atoms. The van der Waals surface area contributed by atoms with E-state index in [9.17, 15) is 9.59 Å². The van der Waals surface area contributed by atoms with Gasteiger partial charge in [-0.1, -0.05) is 15.9 Å². The second-order valence-corrected chi connectivity index (χ2v) is 9.44. The zero-order valence-electron chi connectivity index (χ0n) is 13.3. The zero-order chi connectivity index (χ0) is 18.1. The molecule has 8 heteroatoms. The molecule has 1 amide bonds. The number of hydrogen-bond acceptors (Lipinski definition) is 4. The quantitative estimate of drug-likeness (QED) is 0.275. The predicted molar refractivity (Wildman–Crippen MR) is 115 cm³/mol. The Hall–Kier alpha value is -0.450. The van der Waals surface area contributed by atoms with Crippen LogP contribution in [-0.4, -0.2) is 18.5 Å². The summed E-state index contributed by atoms with van der Waals surface area (Å²) >= 11 is 10.5. The third kappa shape index (κ3) is 3.96. The molecular formula is C17H14Br2INO3S. The van der Waals surface area contributed by atoms with Gasteiger partial charge in [0.1, 0.15) is 5.00 Å². The Kier molecular flexibility index (Phi) is 6.23. The second-order valence-electron chi connectivity index (χ2n) is 5.49. The van der Waals surface area contributed by atoms with Crippen LogP contribution < -0.4 is 5.32 Å². The van der Waals surface area contributed by atoms with Gasteiger partial charge in [-0.05, 0) is 82.4 Å². The summed E-state index contributed by atoms with van der Waals surface area (Å²) in [5, 5.41) is 3.51. The molecule has 1 aliphatic rings. The van der Waals surface area contributed by atoms with E-state index in [1.807, 2.05) is 6.07 Å². The fraction of sp³-hybridized carbons (Fsp3) is 0.294. The molecule has 3 rings (SSSR count). The number of carbonyl (C=O) groups excluding carboxylic acids is 2. The van der Waals surface area contributed by atoms with Gasteiger partial charge in [-0.25, -0.2) is 4.79 Å². The standard InChI is InChI=1S/C17H14Br2INO3S/c1-2-24-17(23)13-9-4-3-5-12(9)25-16(13)21-15(22)10-6-8(18)7-11(19)14(10)20/h6-7H,2-5H2,1H3,(H,21,22). The van der Waals surface area contributed by atoms with Crippen LogP contribution in [0.2, 0.25) is 0 Å². The fourth-order valence-corrected chi connectivity index (χ4v) is 5.86. The van der Waals surface area contributed by atoms with Crippen LogP contribution in [0.15, 0.2) is 21.1 Å². The van der Waals surface area contributed by atoms with Gasteiger partial charge in [0.05, 0.1) is 17.7 Å². The number of halogens is 3. The fourth-order valence-electron chi connectivity index (χ4n) is 2.80. The van der Waals surface area contributed by atoms with Gasteiger partial charge in [0.15, 0.2) is 0 Å². The van der Waals surface area contributed by atoms with Crippen molar-refractivity contribution < 1.29 is 14.3 Å². The van der Waals surface area contributed by atoms with Crippen molar-refractivity contribution in [3.8, 4) is 0 Å². The van der Waals surface area contributed by atoms with Gasteiger partial charge in [0.25, 0.3) is 5.91 Å². The largest absolute Gasteiger partial charge is 0.462 e. The van der Waals surface area contributed by atoms with Gasteiger partial charge >= 0.3 is 5.97 Å². The molecule has 0 bridgehead atoms. The average molecular weight is 599 g/mol. The first kappa shape index (κ1) is 19.3. The Morgan fingerprint density at radius 1 is 1.32 bits per heavy atom. The molecule has 1 aliphatic carbocycles. The molecule has 1 heterocycles. The Bertz CT molecular complexity index is 866. The second kappa shape index (κ2) is 8.06. The minimum Gasteiger partial charge on any atom is -0.462 e. The highest BCUT2D eigenvalue weighted by molar-refractivity contribution is 14.1. The molecule has 2 aromatic rings. The Morgan fingerprint density at radius 2 is 2.08 bits per heavy atom. The van der Waals surface area contributed by atoms with E-state index in [1.165, 1.54) is 16.2 Å². The normalized spacial score (nSPS) is 12.8. The maximum atomic E-state index is 12.8. The topological polar surface area (TPSA) is 55.4 Å². The minimum atomic E-state index is -0.359. The zero-order valence-corrected chi connectivity index (χ0v) is 19.4. The van der Waals surface area contributed by atoms with Crippen LogP contribution in [0.25, 0.3) is 0 Å². The van der Waals surface area contributed by atoms with E-state index in [0.717, 1.165) is 37.3 Å². The van der Waals surface area contributed by atoms with E-state index in [1.54, 1.807) is 13.0 Å². The summed E-state index contributed by atoms with van der Waals surface area (Å²) in [5.74, 6) is -0.598. The molecule has 0 saturated heterocycles. The number of benzene rings is 1. The van der Waals surface area contributed by atoms with Crippen LogP contribution in [0, 0.1) is 3.57 Å². The predicted octanol–water partition coefficient (Wildman–Crippen LogP) is 5.80. The first-order valence-corrected chi connectivity index (χ1v) is 11.2. The monoisotopic (exact) mass is 597 g/mol. The molecule has 0 spiro atoms.